The van der Waals surface area contributed by atoms with E-state index < -0.39 is 34.3 Å². The van der Waals surface area contributed by atoms with Gasteiger partial charge in [-0.25, -0.2) is 12.8 Å². The van der Waals surface area contributed by atoms with E-state index >= 15 is 0 Å². The molecule has 0 radical (unpaired) electrons. The van der Waals surface area contributed by atoms with Gasteiger partial charge >= 0.3 is 0 Å². The molecule has 1 saturated carbocycles. The van der Waals surface area contributed by atoms with Crippen molar-refractivity contribution < 1.29 is 27.1 Å². The minimum absolute atomic E-state index is 0.0113. The third-order valence-electron chi connectivity index (χ3n) is 6.22. The number of halogens is 2. The number of methoxy groups -OCH3 is 1. The van der Waals surface area contributed by atoms with E-state index in [1.165, 1.54) is 48.4 Å². The zero-order valence-electron chi connectivity index (χ0n) is 20.5. The van der Waals surface area contributed by atoms with E-state index in [9.17, 15) is 22.4 Å². The largest absolute Gasteiger partial charge is 0.495 e. The van der Waals surface area contributed by atoms with Gasteiger partial charge in [-0.05, 0) is 55.7 Å². The minimum atomic E-state index is -3.94. The maximum Gasteiger partial charge on any atom is 0.244 e. The molecular formula is C25H31ClFN3O5S. The first-order chi connectivity index (χ1) is 17.0. The summed E-state index contributed by atoms with van der Waals surface area (Å²) in [6, 6.07) is 9.17. The molecule has 0 heterocycles. The van der Waals surface area contributed by atoms with Crippen molar-refractivity contribution in [3.05, 3.63) is 58.9 Å². The fourth-order valence-electron chi connectivity index (χ4n) is 4.21. The molecule has 1 fully saturated rings. The van der Waals surface area contributed by atoms with Crippen LogP contribution >= 0.6 is 11.6 Å². The average molecular weight is 540 g/mol. The Kier molecular flexibility index (Phi) is 9.19. The maximum absolute atomic E-state index is 13.6. The molecule has 0 bridgehead atoms. The van der Waals surface area contributed by atoms with Gasteiger partial charge in [0.2, 0.25) is 21.8 Å². The van der Waals surface area contributed by atoms with Crippen LogP contribution in [0.4, 0.5) is 10.1 Å². The standard InChI is InChI=1S/C25H31ClFN3O5S/c1-17(25(32)28-21-6-4-5-7-21)29(15-18-8-11-20(27)12-9-18)24(31)16-30(36(3,33)34)22-14-19(26)10-13-23(22)35-2/h8-14,17,21H,4-7,15-16H2,1-3H3,(H,28,32). The number of nitrogens with zero attached hydrogens (tertiary/aromatic N) is 2. The van der Waals surface area contributed by atoms with Crippen molar-refractivity contribution in [1.29, 1.82) is 0 Å². The molecule has 1 atom stereocenters. The Bertz CT molecular complexity index is 1190. The molecule has 2 amide bonds. The lowest BCUT2D eigenvalue weighted by atomic mass is 10.1. The number of anilines is 1. The predicted octanol–water partition coefficient (Wildman–Crippen LogP) is 3.73. The van der Waals surface area contributed by atoms with Crippen LogP contribution in [0.5, 0.6) is 5.75 Å². The highest BCUT2D eigenvalue weighted by molar-refractivity contribution is 7.92. The third-order valence-corrected chi connectivity index (χ3v) is 7.59. The molecule has 0 aliphatic heterocycles. The lowest BCUT2D eigenvalue weighted by molar-refractivity contribution is -0.139. The van der Waals surface area contributed by atoms with Crippen molar-refractivity contribution in [3.8, 4) is 5.75 Å². The summed E-state index contributed by atoms with van der Waals surface area (Å²) in [5.74, 6) is -1.15. The smallest absolute Gasteiger partial charge is 0.244 e. The number of nitrogens with one attached hydrogen (secondary N) is 1. The SMILES string of the molecule is COc1ccc(Cl)cc1N(CC(=O)N(Cc1ccc(F)cc1)C(C)C(=O)NC1CCCC1)S(C)(=O)=O. The second kappa shape index (κ2) is 11.9. The van der Waals surface area contributed by atoms with Gasteiger partial charge in [0.15, 0.2) is 0 Å². The van der Waals surface area contributed by atoms with E-state index in [0.29, 0.717) is 5.56 Å². The first-order valence-electron chi connectivity index (χ1n) is 11.6. The summed E-state index contributed by atoms with van der Waals surface area (Å²) >= 11 is 6.10. The number of hydrogen-bond donors (Lipinski definition) is 1. The van der Waals surface area contributed by atoms with E-state index in [-0.39, 0.29) is 35.0 Å². The quantitative estimate of drug-likeness (QED) is 0.496. The van der Waals surface area contributed by atoms with E-state index in [0.717, 1.165) is 36.2 Å². The number of amides is 2. The topological polar surface area (TPSA) is 96.0 Å². The molecule has 1 N–H and O–H groups in total. The highest BCUT2D eigenvalue weighted by atomic mass is 35.5. The fourth-order valence-corrected chi connectivity index (χ4v) is 5.23. The number of hydrogen-bond acceptors (Lipinski definition) is 5. The number of carbonyl (C=O) groups is 2. The lowest BCUT2D eigenvalue weighted by Crippen LogP contribution is -2.52. The van der Waals surface area contributed by atoms with Gasteiger partial charge in [0, 0.05) is 17.6 Å². The van der Waals surface area contributed by atoms with Gasteiger partial charge in [0.1, 0.15) is 24.2 Å². The van der Waals surface area contributed by atoms with Crippen LogP contribution in [0, 0.1) is 5.82 Å². The van der Waals surface area contributed by atoms with Gasteiger partial charge in [-0.3, -0.25) is 13.9 Å². The van der Waals surface area contributed by atoms with Gasteiger partial charge in [-0.1, -0.05) is 36.6 Å². The Morgan fingerprint density at radius 3 is 2.39 bits per heavy atom. The highest BCUT2D eigenvalue weighted by Gasteiger charge is 2.32. The fraction of sp³-hybridized carbons (Fsp3) is 0.440. The monoisotopic (exact) mass is 539 g/mol. The van der Waals surface area contributed by atoms with E-state index in [1.807, 2.05) is 0 Å². The summed E-state index contributed by atoms with van der Waals surface area (Å²) in [5.41, 5.74) is 0.696. The van der Waals surface area contributed by atoms with Gasteiger partial charge in [0.05, 0.1) is 19.1 Å². The van der Waals surface area contributed by atoms with Crippen LogP contribution in [0.3, 0.4) is 0 Å². The zero-order valence-corrected chi connectivity index (χ0v) is 22.1. The molecule has 2 aromatic carbocycles. The molecule has 0 spiro atoms. The van der Waals surface area contributed by atoms with Crippen LogP contribution in [0.1, 0.15) is 38.2 Å². The molecule has 1 aliphatic carbocycles. The van der Waals surface area contributed by atoms with Crippen LogP contribution < -0.4 is 14.4 Å². The maximum atomic E-state index is 13.6. The van der Waals surface area contributed by atoms with Gasteiger partial charge in [0.25, 0.3) is 0 Å². The number of rotatable bonds is 10. The lowest BCUT2D eigenvalue weighted by Gasteiger charge is -2.32. The summed E-state index contributed by atoms with van der Waals surface area (Å²) in [5, 5.41) is 3.25. The van der Waals surface area contributed by atoms with Crippen LogP contribution in [0.15, 0.2) is 42.5 Å². The molecule has 8 nitrogen and oxygen atoms in total. The number of carbonyl (C=O) groups excluding carboxylic acids is 2. The molecule has 196 valence electrons. The molecule has 0 saturated heterocycles. The summed E-state index contributed by atoms with van der Waals surface area (Å²) in [7, 11) is -2.56. The Labute approximate surface area is 216 Å². The van der Waals surface area contributed by atoms with Crippen LogP contribution in [-0.2, 0) is 26.2 Å². The van der Waals surface area contributed by atoms with Crippen molar-refractivity contribution in [3.63, 3.8) is 0 Å². The van der Waals surface area contributed by atoms with Crippen molar-refractivity contribution in [2.75, 3.05) is 24.2 Å². The Balaban J connectivity index is 1.92. The molecule has 2 aromatic rings. The number of benzene rings is 2. The molecular weight excluding hydrogens is 509 g/mol. The summed E-state index contributed by atoms with van der Waals surface area (Å²) in [6.07, 6.45) is 4.79. The molecule has 11 heteroatoms. The molecule has 1 aliphatic rings. The molecule has 0 aromatic heterocycles. The molecule has 36 heavy (non-hydrogen) atoms. The van der Waals surface area contributed by atoms with Crippen molar-refractivity contribution >= 4 is 39.1 Å². The number of sulfonamides is 1. The van der Waals surface area contributed by atoms with Crippen LogP contribution in [-0.4, -0.2) is 57.1 Å². The average Bonchev–Trinajstić information content (AvgIpc) is 3.33. The first kappa shape index (κ1) is 27.7. The van der Waals surface area contributed by atoms with Gasteiger partial charge in [-0.15, -0.1) is 0 Å². The van der Waals surface area contributed by atoms with Gasteiger partial charge < -0.3 is 15.0 Å². The Morgan fingerprint density at radius 2 is 1.81 bits per heavy atom. The van der Waals surface area contributed by atoms with Crippen molar-refractivity contribution in [2.24, 2.45) is 0 Å². The number of ether oxygens (including phenoxy) is 1. The summed E-state index contributed by atoms with van der Waals surface area (Å²) < 4.78 is 45.1. The summed E-state index contributed by atoms with van der Waals surface area (Å²) in [6.45, 7) is 0.997. The van der Waals surface area contributed by atoms with Crippen molar-refractivity contribution in [2.45, 2.75) is 51.2 Å². The Morgan fingerprint density at radius 1 is 1.17 bits per heavy atom. The van der Waals surface area contributed by atoms with Crippen LogP contribution in [0.25, 0.3) is 0 Å². The van der Waals surface area contributed by atoms with Crippen LogP contribution in [0.2, 0.25) is 5.02 Å². The first-order valence-corrected chi connectivity index (χ1v) is 13.9. The molecule has 3 rings (SSSR count). The summed E-state index contributed by atoms with van der Waals surface area (Å²) in [4.78, 5) is 28.0. The second-order valence-electron chi connectivity index (χ2n) is 8.90. The Hall–Kier alpha value is -2.85. The van der Waals surface area contributed by atoms with E-state index in [2.05, 4.69) is 5.32 Å². The normalized spacial score (nSPS) is 14.8. The predicted molar refractivity (Wildman–Crippen MR) is 137 cm³/mol. The van der Waals surface area contributed by atoms with Crippen molar-refractivity contribution in [1.82, 2.24) is 10.2 Å². The highest BCUT2D eigenvalue weighted by Crippen LogP contribution is 2.33. The van der Waals surface area contributed by atoms with E-state index in [1.54, 1.807) is 13.0 Å². The minimum Gasteiger partial charge on any atom is -0.495 e. The third kappa shape index (κ3) is 7.10. The zero-order chi connectivity index (χ0) is 26.5. The van der Waals surface area contributed by atoms with Gasteiger partial charge in [-0.2, -0.15) is 0 Å². The molecule has 1 unspecified atom stereocenters. The van der Waals surface area contributed by atoms with E-state index in [4.69, 9.17) is 16.3 Å². The second-order valence-corrected chi connectivity index (χ2v) is 11.2.